The van der Waals surface area contributed by atoms with Crippen LogP contribution in [0.5, 0.6) is 0 Å². The van der Waals surface area contributed by atoms with E-state index >= 15 is 0 Å². The molecule has 15 heavy (non-hydrogen) atoms. The Balaban J connectivity index is 2.11. The van der Waals surface area contributed by atoms with Crippen LogP contribution in [0.1, 0.15) is 29.5 Å². The minimum absolute atomic E-state index is 0.202. The summed E-state index contributed by atoms with van der Waals surface area (Å²) in [5.41, 5.74) is 5.44. The first kappa shape index (κ1) is 10.4. The molecule has 0 saturated carbocycles. The molecule has 1 heteroatoms. The van der Waals surface area contributed by atoms with Gasteiger partial charge in [-0.25, -0.2) is 0 Å². The third kappa shape index (κ3) is 2.48. The second-order valence-corrected chi connectivity index (χ2v) is 4.53. The van der Waals surface area contributed by atoms with Crippen molar-refractivity contribution in [1.29, 1.82) is 0 Å². The highest BCUT2D eigenvalue weighted by Crippen LogP contribution is 2.23. The molecule has 1 nitrogen and oxygen atoms in total. The predicted octanol–water partition coefficient (Wildman–Crippen LogP) is 2.93. The second-order valence-electron chi connectivity index (χ2n) is 4.53. The Kier molecular flexibility index (Phi) is 2.92. The zero-order chi connectivity index (χ0) is 10.8. The standard InChI is InChI=1S/C14H18O/c1-10-3-4-12(7-11(10)2)8-13-5-6-14(15)9-13/h3-4,7,9,14-15H,5-6,8H2,1-2H3. The van der Waals surface area contributed by atoms with Gasteiger partial charge in [0.05, 0.1) is 6.10 Å². The summed E-state index contributed by atoms with van der Waals surface area (Å²) in [5, 5.41) is 9.40. The Labute approximate surface area is 91.4 Å². The maximum atomic E-state index is 9.40. The van der Waals surface area contributed by atoms with Gasteiger partial charge >= 0.3 is 0 Å². The Morgan fingerprint density at radius 3 is 2.67 bits per heavy atom. The molecule has 0 radical (unpaired) electrons. The maximum absolute atomic E-state index is 9.40. The van der Waals surface area contributed by atoms with Crippen LogP contribution in [0, 0.1) is 13.8 Å². The van der Waals surface area contributed by atoms with E-state index in [2.05, 4.69) is 32.0 Å². The van der Waals surface area contributed by atoms with Crippen molar-refractivity contribution in [3.63, 3.8) is 0 Å². The van der Waals surface area contributed by atoms with Crippen molar-refractivity contribution in [2.24, 2.45) is 0 Å². The zero-order valence-electron chi connectivity index (χ0n) is 9.46. The van der Waals surface area contributed by atoms with E-state index in [4.69, 9.17) is 0 Å². The molecular formula is C14H18O. The highest BCUT2D eigenvalue weighted by Gasteiger charge is 2.12. The first-order valence-corrected chi connectivity index (χ1v) is 5.59. The number of aliphatic hydroxyl groups excluding tert-OH is 1. The predicted molar refractivity (Wildman–Crippen MR) is 62.9 cm³/mol. The lowest BCUT2D eigenvalue weighted by molar-refractivity contribution is 0.223. The number of hydrogen-bond acceptors (Lipinski definition) is 1. The van der Waals surface area contributed by atoms with Crippen LogP contribution < -0.4 is 0 Å². The molecule has 1 atom stereocenters. The van der Waals surface area contributed by atoms with Gasteiger partial charge in [0.15, 0.2) is 0 Å². The van der Waals surface area contributed by atoms with Crippen LogP contribution in [0.3, 0.4) is 0 Å². The summed E-state index contributed by atoms with van der Waals surface area (Å²) in [6.07, 6.45) is 4.76. The molecule has 1 aliphatic carbocycles. The fourth-order valence-electron chi connectivity index (χ4n) is 2.10. The van der Waals surface area contributed by atoms with Gasteiger partial charge in [0, 0.05) is 0 Å². The third-order valence-corrected chi connectivity index (χ3v) is 3.19. The monoisotopic (exact) mass is 202 g/mol. The number of benzene rings is 1. The molecule has 1 unspecified atom stereocenters. The first-order valence-electron chi connectivity index (χ1n) is 5.59. The van der Waals surface area contributed by atoms with Gasteiger partial charge < -0.3 is 5.11 Å². The molecule has 1 aromatic rings. The smallest absolute Gasteiger partial charge is 0.0726 e. The van der Waals surface area contributed by atoms with Gasteiger partial charge in [-0.3, -0.25) is 0 Å². The van der Waals surface area contributed by atoms with Gasteiger partial charge in [-0.05, 0) is 49.8 Å². The van der Waals surface area contributed by atoms with E-state index in [-0.39, 0.29) is 6.10 Å². The van der Waals surface area contributed by atoms with Crippen LogP contribution in [-0.2, 0) is 6.42 Å². The van der Waals surface area contributed by atoms with Gasteiger partial charge in [-0.15, -0.1) is 0 Å². The molecule has 1 N–H and O–H groups in total. The van der Waals surface area contributed by atoms with Crippen molar-refractivity contribution in [1.82, 2.24) is 0 Å². The fourth-order valence-corrected chi connectivity index (χ4v) is 2.10. The van der Waals surface area contributed by atoms with Crippen LogP contribution >= 0.6 is 0 Å². The number of allylic oxidation sites excluding steroid dienone is 1. The lowest BCUT2D eigenvalue weighted by Gasteiger charge is -2.05. The molecule has 80 valence electrons. The van der Waals surface area contributed by atoms with Gasteiger partial charge in [-0.2, -0.15) is 0 Å². The number of hydrogen-bond donors (Lipinski definition) is 1. The van der Waals surface area contributed by atoms with Crippen LogP contribution in [0.2, 0.25) is 0 Å². The molecule has 0 spiro atoms. The van der Waals surface area contributed by atoms with Crippen molar-refractivity contribution in [2.75, 3.05) is 0 Å². The van der Waals surface area contributed by atoms with Crippen molar-refractivity contribution in [3.05, 3.63) is 46.5 Å². The molecule has 0 saturated heterocycles. The summed E-state index contributed by atoms with van der Waals surface area (Å²) in [6, 6.07) is 6.62. The molecule has 0 fully saturated rings. The second kappa shape index (κ2) is 4.19. The van der Waals surface area contributed by atoms with Gasteiger partial charge in [0.25, 0.3) is 0 Å². The molecule has 0 aliphatic heterocycles. The van der Waals surface area contributed by atoms with E-state index < -0.39 is 0 Å². The normalized spacial score (nSPS) is 20.5. The van der Waals surface area contributed by atoms with Crippen LogP contribution in [0.25, 0.3) is 0 Å². The topological polar surface area (TPSA) is 20.2 Å². The third-order valence-electron chi connectivity index (χ3n) is 3.19. The zero-order valence-corrected chi connectivity index (χ0v) is 9.46. The highest BCUT2D eigenvalue weighted by molar-refractivity contribution is 5.33. The lowest BCUT2D eigenvalue weighted by Crippen LogP contribution is -1.93. The number of aryl methyl sites for hydroxylation is 2. The Bertz CT molecular complexity index is 390. The summed E-state index contributed by atoms with van der Waals surface area (Å²) in [7, 11) is 0. The van der Waals surface area contributed by atoms with E-state index in [1.54, 1.807) is 0 Å². The largest absolute Gasteiger partial charge is 0.389 e. The summed E-state index contributed by atoms with van der Waals surface area (Å²) in [6.45, 7) is 4.29. The van der Waals surface area contributed by atoms with Crippen molar-refractivity contribution in [2.45, 2.75) is 39.2 Å². The van der Waals surface area contributed by atoms with Gasteiger partial charge in [0.1, 0.15) is 0 Å². The Hall–Kier alpha value is -1.08. The Morgan fingerprint density at radius 2 is 2.07 bits per heavy atom. The van der Waals surface area contributed by atoms with Crippen molar-refractivity contribution in [3.8, 4) is 0 Å². The molecule has 1 aromatic carbocycles. The highest BCUT2D eigenvalue weighted by atomic mass is 16.3. The van der Waals surface area contributed by atoms with E-state index in [0.717, 1.165) is 19.3 Å². The van der Waals surface area contributed by atoms with Crippen LogP contribution in [-0.4, -0.2) is 11.2 Å². The molecule has 1 aliphatic rings. The van der Waals surface area contributed by atoms with E-state index in [1.165, 1.54) is 22.3 Å². The SMILES string of the molecule is Cc1ccc(CC2=CC(O)CC2)cc1C. The van der Waals surface area contributed by atoms with Crippen molar-refractivity contribution >= 4 is 0 Å². The first-order chi connectivity index (χ1) is 7.15. The summed E-state index contributed by atoms with van der Waals surface area (Å²) < 4.78 is 0. The molecule has 0 heterocycles. The minimum Gasteiger partial charge on any atom is -0.389 e. The average molecular weight is 202 g/mol. The number of rotatable bonds is 2. The van der Waals surface area contributed by atoms with Gasteiger partial charge in [0.2, 0.25) is 0 Å². The maximum Gasteiger partial charge on any atom is 0.0726 e. The summed E-state index contributed by atoms with van der Waals surface area (Å²) in [4.78, 5) is 0. The summed E-state index contributed by atoms with van der Waals surface area (Å²) in [5.74, 6) is 0. The Morgan fingerprint density at radius 1 is 1.27 bits per heavy atom. The minimum atomic E-state index is -0.202. The average Bonchev–Trinajstić information content (AvgIpc) is 2.58. The fraction of sp³-hybridized carbons (Fsp3) is 0.429. The molecule has 2 rings (SSSR count). The molecule has 0 amide bonds. The quantitative estimate of drug-likeness (QED) is 0.731. The van der Waals surface area contributed by atoms with E-state index in [0.29, 0.717) is 0 Å². The van der Waals surface area contributed by atoms with Gasteiger partial charge in [-0.1, -0.05) is 29.8 Å². The molecular weight excluding hydrogens is 184 g/mol. The number of aliphatic hydroxyl groups is 1. The summed E-state index contributed by atoms with van der Waals surface area (Å²) >= 11 is 0. The molecule has 0 aromatic heterocycles. The van der Waals surface area contributed by atoms with Crippen LogP contribution in [0.4, 0.5) is 0 Å². The van der Waals surface area contributed by atoms with Crippen molar-refractivity contribution < 1.29 is 5.11 Å². The van der Waals surface area contributed by atoms with Crippen LogP contribution in [0.15, 0.2) is 29.8 Å². The lowest BCUT2D eigenvalue weighted by atomic mass is 10.0. The van der Waals surface area contributed by atoms with E-state index in [9.17, 15) is 5.11 Å². The molecule has 0 bridgehead atoms. The van der Waals surface area contributed by atoms with E-state index in [1.807, 2.05) is 6.08 Å².